The maximum Gasteiger partial charge on any atom is 0.246 e. The molecule has 1 spiro atoms. The number of rotatable bonds is 4. The minimum Gasteiger partial charge on any atom is -0.360 e. The van der Waals surface area contributed by atoms with E-state index in [9.17, 15) is 18.8 Å². The Labute approximate surface area is 201 Å². The maximum absolute atomic E-state index is 14.2. The number of hydrogen-bond donors (Lipinski definition) is 2. The van der Waals surface area contributed by atoms with Crippen LogP contribution >= 0.6 is 0 Å². The summed E-state index contributed by atoms with van der Waals surface area (Å²) in [5.74, 6) is -3.23. The summed E-state index contributed by atoms with van der Waals surface area (Å²) < 4.78 is 25.6. The highest BCUT2D eigenvalue weighted by atomic mass is 19.1. The average Bonchev–Trinajstić information content (AvgIpc) is 3.44. The summed E-state index contributed by atoms with van der Waals surface area (Å²) in [6, 6.07) is 5.89. The van der Waals surface area contributed by atoms with E-state index in [0.29, 0.717) is 5.76 Å². The number of carbonyl (C=O) groups excluding carboxylic acids is 3. The summed E-state index contributed by atoms with van der Waals surface area (Å²) in [6.45, 7) is 8.88. The van der Waals surface area contributed by atoms with Crippen LogP contribution in [0.2, 0.25) is 0 Å². The van der Waals surface area contributed by atoms with Gasteiger partial charge in [0, 0.05) is 17.3 Å². The number of anilines is 2. The molecule has 0 aliphatic carbocycles. The van der Waals surface area contributed by atoms with Gasteiger partial charge in [-0.05, 0) is 52.8 Å². The van der Waals surface area contributed by atoms with Crippen molar-refractivity contribution < 1.29 is 28.0 Å². The zero-order valence-electron chi connectivity index (χ0n) is 20.1. The van der Waals surface area contributed by atoms with Crippen molar-refractivity contribution in [3.8, 4) is 0 Å². The van der Waals surface area contributed by atoms with E-state index in [-0.39, 0.29) is 11.5 Å². The van der Waals surface area contributed by atoms with Crippen LogP contribution in [0.4, 0.5) is 15.9 Å². The average molecular weight is 483 g/mol. The van der Waals surface area contributed by atoms with Crippen LogP contribution in [0.1, 0.15) is 33.5 Å². The fourth-order valence-electron chi connectivity index (χ4n) is 5.51. The van der Waals surface area contributed by atoms with E-state index >= 15 is 0 Å². The molecule has 2 aromatic rings. The molecule has 2 bridgehead atoms. The van der Waals surface area contributed by atoms with Crippen molar-refractivity contribution >= 4 is 29.2 Å². The Hall–Kier alpha value is -3.53. The Kier molecular flexibility index (Phi) is 4.96. The van der Waals surface area contributed by atoms with Crippen molar-refractivity contribution in [2.75, 3.05) is 10.2 Å². The first-order valence-corrected chi connectivity index (χ1v) is 11.4. The molecule has 2 fully saturated rings. The summed E-state index contributed by atoms with van der Waals surface area (Å²) in [6.07, 6.45) is 3.42. The molecule has 10 heteroatoms. The van der Waals surface area contributed by atoms with Gasteiger partial charge >= 0.3 is 0 Å². The number of amides is 3. The molecule has 9 nitrogen and oxygen atoms in total. The number of benzene rings is 1. The molecule has 1 aromatic carbocycles. The minimum absolute atomic E-state index is 0.213. The second kappa shape index (κ2) is 7.48. The molecule has 3 aliphatic heterocycles. The van der Waals surface area contributed by atoms with Crippen LogP contribution in [0, 0.1) is 24.6 Å². The molecule has 5 atom stereocenters. The van der Waals surface area contributed by atoms with Crippen molar-refractivity contribution in [2.24, 2.45) is 11.8 Å². The van der Waals surface area contributed by atoms with Crippen LogP contribution in [0.5, 0.6) is 0 Å². The third-order valence-electron chi connectivity index (χ3n) is 6.69. The van der Waals surface area contributed by atoms with E-state index < -0.39 is 58.2 Å². The summed E-state index contributed by atoms with van der Waals surface area (Å²) in [7, 11) is 0. The van der Waals surface area contributed by atoms with Gasteiger partial charge < -0.3 is 19.9 Å². The standard InChI is InChI=1S/C25H27FN4O5/c1-13-11-16(29-34-13)27-20(31)17-18-22(33)30(15-8-6-7-14(26)12-15)19(21(32)28-23(2,3)4)25(18)10-9-24(17,5)35-25/h6-12,17-19H,1-5H3,(H,28,32)(H,27,29,31)/t17-,18-,19+,24+,25+/m0/s1. The number of halogens is 1. The number of nitrogens with zero attached hydrogens (tertiary/aromatic N) is 2. The predicted octanol–water partition coefficient (Wildman–Crippen LogP) is 2.72. The van der Waals surface area contributed by atoms with Crippen LogP contribution in [0.25, 0.3) is 0 Å². The van der Waals surface area contributed by atoms with Gasteiger partial charge in [0.05, 0.1) is 17.4 Å². The van der Waals surface area contributed by atoms with E-state index in [2.05, 4.69) is 15.8 Å². The second-order valence-electron chi connectivity index (χ2n) is 10.6. The van der Waals surface area contributed by atoms with Crippen molar-refractivity contribution in [1.82, 2.24) is 10.5 Å². The first-order chi connectivity index (χ1) is 16.3. The molecule has 3 aliphatic rings. The molecule has 35 heavy (non-hydrogen) atoms. The normalized spacial score (nSPS) is 31.1. The molecule has 2 saturated heterocycles. The van der Waals surface area contributed by atoms with E-state index in [1.54, 1.807) is 38.1 Å². The van der Waals surface area contributed by atoms with Gasteiger partial charge in [-0.1, -0.05) is 23.4 Å². The Morgan fingerprint density at radius 3 is 2.54 bits per heavy atom. The lowest BCUT2D eigenvalue weighted by atomic mass is 9.70. The SMILES string of the molecule is Cc1cc(NC(=O)[C@@H]2[C@H]3C(=O)N(c4cccc(F)c4)[C@H](C(=O)NC(C)(C)C)[C@@]34C=C[C@@]2(C)O4)no1. The van der Waals surface area contributed by atoms with Crippen LogP contribution in [-0.4, -0.2) is 45.7 Å². The maximum atomic E-state index is 14.2. The number of fused-ring (bicyclic) bond motifs is 1. The smallest absolute Gasteiger partial charge is 0.246 e. The van der Waals surface area contributed by atoms with Gasteiger partial charge in [0.25, 0.3) is 0 Å². The fraction of sp³-hybridized carbons (Fsp3) is 0.440. The van der Waals surface area contributed by atoms with Crippen molar-refractivity contribution in [1.29, 1.82) is 0 Å². The molecule has 0 unspecified atom stereocenters. The van der Waals surface area contributed by atoms with Crippen molar-refractivity contribution in [2.45, 2.75) is 57.4 Å². The molecule has 1 aromatic heterocycles. The number of carbonyl (C=O) groups is 3. The number of hydrogen-bond acceptors (Lipinski definition) is 6. The number of ether oxygens (including phenoxy) is 1. The molecule has 2 N–H and O–H groups in total. The third-order valence-corrected chi connectivity index (χ3v) is 6.69. The highest BCUT2D eigenvalue weighted by Crippen LogP contribution is 2.60. The Balaban J connectivity index is 1.60. The lowest BCUT2D eigenvalue weighted by Crippen LogP contribution is -2.58. The summed E-state index contributed by atoms with van der Waals surface area (Å²) >= 11 is 0. The molecule has 184 valence electrons. The van der Waals surface area contributed by atoms with Gasteiger partial charge in [0.2, 0.25) is 17.7 Å². The van der Waals surface area contributed by atoms with Gasteiger partial charge in [0.15, 0.2) is 5.82 Å². The zero-order chi connectivity index (χ0) is 25.3. The first-order valence-electron chi connectivity index (χ1n) is 11.4. The highest BCUT2D eigenvalue weighted by Gasteiger charge is 2.76. The third kappa shape index (κ3) is 3.54. The first kappa shape index (κ1) is 23.2. The topological polar surface area (TPSA) is 114 Å². The predicted molar refractivity (Wildman–Crippen MR) is 124 cm³/mol. The van der Waals surface area contributed by atoms with Gasteiger partial charge in [-0.25, -0.2) is 4.39 Å². The van der Waals surface area contributed by atoms with Crippen molar-refractivity contribution in [3.05, 3.63) is 54.1 Å². The molecule has 3 amide bonds. The quantitative estimate of drug-likeness (QED) is 0.648. The van der Waals surface area contributed by atoms with Crippen LogP contribution in [0.15, 0.2) is 47.0 Å². The minimum atomic E-state index is -1.41. The van der Waals surface area contributed by atoms with Crippen molar-refractivity contribution in [3.63, 3.8) is 0 Å². The Morgan fingerprint density at radius 1 is 1.17 bits per heavy atom. The second-order valence-corrected chi connectivity index (χ2v) is 10.6. The molecular formula is C25H27FN4O5. The number of aromatic nitrogens is 1. The van der Waals surface area contributed by atoms with Crippen LogP contribution in [-0.2, 0) is 19.1 Å². The zero-order valence-corrected chi connectivity index (χ0v) is 20.1. The highest BCUT2D eigenvalue weighted by molar-refractivity contribution is 6.11. The van der Waals surface area contributed by atoms with Gasteiger partial charge in [-0.15, -0.1) is 0 Å². The molecule has 0 saturated carbocycles. The Morgan fingerprint density at radius 2 is 1.91 bits per heavy atom. The molecular weight excluding hydrogens is 455 g/mol. The number of aryl methyl sites for hydroxylation is 1. The van der Waals surface area contributed by atoms with E-state index in [1.165, 1.54) is 23.1 Å². The summed E-state index contributed by atoms with van der Waals surface area (Å²) in [4.78, 5) is 42.3. The monoisotopic (exact) mass is 482 g/mol. The van der Waals surface area contributed by atoms with Gasteiger partial charge in [-0.3, -0.25) is 19.3 Å². The lowest BCUT2D eigenvalue weighted by molar-refractivity contribution is -0.131. The molecule has 0 radical (unpaired) electrons. The molecule has 4 heterocycles. The largest absolute Gasteiger partial charge is 0.360 e. The van der Waals surface area contributed by atoms with Crippen LogP contribution < -0.4 is 15.5 Å². The van der Waals surface area contributed by atoms with E-state index in [1.807, 2.05) is 20.8 Å². The van der Waals surface area contributed by atoms with E-state index in [0.717, 1.165) is 0 Å². The number of nitrogens with one attached hydrogen (secondary N) is 2. The Bertz CT molecular complexity index is 1270. The summed E-state index contributed by atoms with van der Waals surface area (Å²) in [5.41, 5.74) is -2.93. The summed E-state index contributed by atoms with van der Waals surface area (Å²) in [5, 5.41) is 9.43. The lowest BCUT2D eigenvalue weighted by Gasteiger charge is -2.35. The van der Waals surface area contributed by atoms with Gasteiger partial charge in [-0.2, -0.15) is 0 Å². The molecule has 5 rings (SSSR count). The van der Waals surface area contributed by atoms with Crippen LogP contribution in [0.3, 0.4) is 0 Å². The van der Waals surface area contributed by atoms with Gasteiger partial charge in [0.1, 0.15) is 23.2 Å². The van der Waals surface area contributed by atoms with E-state index in [4.69, 9.17) is 9.26 Å². The fourth-order valence-corrected chi connectivity index (χ4v) is 5.51.